The maximum absolute atomic E-state index is 11.1. The van der Waals surface area contributed by atoms with Crippen LogP contribution < -0.4 is 15.8 Å². The molecule has 6 heteroatoms. The van der Waals surface area contributed by atoms with E-state index in [1.807, 2.05) is 43.3 Å². The Kier molecular flexibility index (Phi) is 6.58. The van der Waals surface area contributed by atoms with E-state index in [2.05, 4.69) is 5.32 Å². The molecule has 1 amide bonds. The zero-order valence-electron chi connectivity index (χ0n) is 13.1. The van der Waals surface area contributed by atoms with Crippen LogP contribution in [0.25, 0.3) is 0 Å². The van der Waals surface area contributed by atoms with Gasteiger partial charge in [0.1, 0.15) is 18.5 Å². The van der Waals surface area contributed by atoms with Crippen LogP contribution in [0.15, 0.2) is 42.5 Å². The molecule has 0 aliphatic rings. The van der Waals surface area contributed by atoms with E-state index in [0.717, 1.165) is 17.0 Å². The minimum Gasteiger partial charge on any atom is -0.491 e. The molecule has 5 nitrogen and oxygen atoms in total. The number of amides is 1. The fourth-order valence-corrected chi connectivity index (χ4v) is 3.09. The number of thiophene rings is 1. The van der Waals surface area contributed by atoms with Gasteiger partial charge in [-0.3, -0.25) is 4.79 Å². The molecule has 23 heavy (non-hydrogen) atoms. The van der Waals surface area contributed by atoms with Crippen molar-refractivity contribution in [3.8, 4) is 5.75 Å². The van der Waals surface area contributed by atoms with E-state index in [9.17, 15) is 9.90 Å². The lowest BCUT2D eigenvalue weighted by Crippen LogP contribution is -2.37. The lowest BCUT2D eigenvalue weighted by molar-refractivity contribution is 0.100. The molecular formula is C17H22N2O3S. The minimum atomic E-state index is -0.581. The smallest absolute Gasteiger partial charge is 0.258 e. The molecule has 0 spiro atoms. The lowest BCUT2D eigenvalue weighted by atomic mass is 10.2. The van der Waals surface area contributed by atoms with E-state index in [-0.39, 0.29) is 12.6 Å². The van der Waals surface area contributed by atoms with Crippen molar-refractivity contribution in [3.63, 3.8) is 0 Å². The first-order valence-electron chi connectivity index (χ1n) is 7.52. The first kappa shape index (κ1) is 17.5. The molecule has 124 valence electrons. The number of ether oxygens (including phenoxy) is 1. The molecule has 0 aliphatic carbocycles. The summed E-state index contributed by atoms with van der Waals surface area (Å²) in [5, 5.41) is 13.2. The molecule has 0 saturated carbocycles. The van der Waals surface area contributed by atoms with Crippen molar-refractivity contribution in [1.29, 1.82) is 0 Å². The predicted molar refractivity (Wildman–Crippen MR) is 91.9 cm³/mol. The Hall–Kier alpha value is -1.89. The number of para-hydroxylation sites is 1. The monoisotopic (exact) mass is 334 g/mol. The van der Waals surface area contributed by atoms with Crippen molar-refractivity contribution in [1.82, 2.24) is 5.32 Å². The summed E-state index contributed by atoms with van der Waals surface area (Å²) in [6.45, 7) is 2.73. The minimum absolute atomic E-state index is 0.181. The van der Waals surface area contributed by atoms with Gasteiger partial charge in [0.05, 0.1) is 4.88 Å². The van der Waals surface area contributed by atoms with E-state index in [0.29, 0.717) is 11.4 Å². The summed E-state index contributed by atoms with van der Waals surface area (Å²) in [7, 11) is 0. The highest BCUT2D eigenvalue weighted by atomic mass is 32.1. The van der Waals surface area contributed by atoms with Crippen molar-refractivity contribution in [2.45, 2.75) is 25.5 Å². The molecule has 4 N–H and O–H groups in total. The number of aliphatic hydroxyl groups excluding tert-OH is 1. The third kappa shape index (κ3) is 6.02. The summed E-state index contributed by atoms with van der Waals surface area (Å²) >= 11 is 1.41. The quantitative estimate of drug-likeness (QED) is 0.653. The van der Waals surface area contributed by atoms with E-state index >= 15 is 0 Å². The zero-order chi connectivity index (χ0) is 16.7. The van der Waals surface area contributed by atoms with Gasteiger partial charge in [-0.05, 0) is 37.6 Å². The van der Waals surface area contributed by atoms with Gasteiger partial charge in [-0.15, -0.1) is 11.3 Å². The number of rotatable bonds is 9. The van der Waals surface area contributed by atoms with E-state index in [1.165, 1.54) is 11.3 Å². The topological polar surface area (TPSA) is 84.6 Å². The van der Waals surface area contributed by atoms with E-state index < -0.39 is 12.0 Å². The average Bonchev–Trinajstić information content (AvgIpc) is 3.00. The van der Waals surface area contributed by atoms with Crippen LogP contribution in [0.2, 0.25) is 0 Å². The van der Waals surface area contributed by atoms with Crippen LogP contribution in [-0.4, -0.2) is 36.3 Å². The predicted octanol–water partition coefficient (Wildman–Crippen LogP) is 1.81. The maximum atomic E-state index is 11.1. The molecule has 2 unspecified atom stereocenters. The van der Waals surface area contributed by atoms with E-state index in [1.54, 1.807) is 6.07 Å². The van der Waals surface area contributed by atoms with Gasteiger partial charge in [-0.2, -0.15) is 0 Å². The lowest BCUT2D eigenvalue weighted by Gasteiger charge is -2.17. The molecule has 0 radical (unpaired) electrons. The van der Waals surface area contributed by atoms with Gasteiger partial charge in [-0.25, -0.2) is 0 Å². The van der Waals surface area contributed by atoms with Crippen LogP contribution >= 0.6 is 11.3 Å². The standard InChI is InChI=1S/C17H22N2O3S/c1-12(9-15-7-8-16(23-15)17(18)21)19-10-13(20)11-22-14-5-3-2-4-6-14/h2-8,12-13,19-20H,9-11H2,1H3,(H2,18,21). The van der Waals surface area contributed by atoms with Crippen molar-refractivity contribution in [2.75, 3.05) is 13.2 Å². The number of nitrogens with one attached hydrogen (secondary N) is 1. The van der Waals surface area contributed by atoms with Gasteiger partial charge < -0.3 is 20.9 Å². The number of hydrogen-bond donors (Lipinski definition) is 3. The number of benzene rings is 1. The fraction of sp³-hybridized carbons (Fsp3) is 0.353. The maximum Gasteiger partial charge on any atom is 0.258 e. The number of aliphatic hydroxyl groups is 1. The van der Waals surface area contributed by atoms with Crippen LogP contribution in [0.4, 0.5) is 0 Å². The van der Waals surface area contributed by atoms with Crippen LogP contribution in [0.5, 0.6) is 5.75 Å². The van der Waals surface area contributed by atoms with Crippen molar-refractivity contribution < 1.29 is 14.6 Å². The highest BCUT2D eigenvalue weighted by Gasteiger charge is 2.11. The largest absolute Gasteiger partial charge is 0.491 e. The molecule has 0 bridgehead atoms. The molecule has 0 saturated heterocycles. The Morgan fingerprint density at radius 3 is 2.70 bits per heavy atom. The molecule has 1 heterocycles. The number of primary amides is 1. The molecule has 0 aliphatic heterocycles. The summed E-state index contributed by atoms with van der Waals surface area (Å²) in [5.74, 6) is 0.354. The SMILES string of the molecule is CC(Cc1ccc(C(N)=O)s1)NCC(O)COc1ccccc1. The second-order valence-corrected chi connectivity index (χ2v) is 6.59. The van der Waals surface area contributed by atoms with Gasteiger partial charge in [0.15, 0.2) is 0 Å². The van der Waals surface area contributed by atoms with Gasteiger partial charge in [0.25, 0.3) is 5.91 Å². The Bertz CT molecular complexity index is 615. The number of nitrogens with two attached hydrogens (primary N) is 1. The second-order valence-electron chi connectivity index (χ2n) is 5.42. The van der Waals surface area contributed by atoms with Crippen molar-refractivity contribution in [2.24, 2.45) is 5.73 Å². The molecule has 0 fully saturated rings. The highest BCUT2D eigenvalue weighted by Crippen LogP contribution is 2.17. The summed E-state index contributed by atoms with van der Waals surface area (Å²) in [6.07, 6.45) is 0.201. The fourth-order valence-electron chi connectivity index (χ4n) is 2.10. The van der Waals surface area contributed by atoms with Crippen LogP contribution in [-0.2, 0) is 6.42 Å². The first-order valence-corrected chi connectivity index (χ1v) is 8.34. The average molecular weight is 334 g/mol. The summed E-state index contributed by atoms with van der Waals surface area (Å²) in [6, 6.07) is 13.3. The number of carbonyl (C=O) groups excluding carboxylic acids is 1. The molecule has 2 rings (SSSR count). The molecular weight excluding hydrogens is 312 g/mol. The third-order valence-corrected chi connectivity index (χ3v) is 4.42. The number of carbonyl (C=O) groups is 1. The molecule has 1 aromatic carbocycles. The Morgan fingerprint density at radius 2 is 2.04 bits per heavy atom. The van der Waals surface area contributed by atoms with Gasteiger partial charge in [0, 0.05) is 17.5 Å². The normalized spacial score (nSPS) is 13.5. The molecule has 2 aromatic rings. The first-order chi connectivity index (χ1) is 11.0. The summed E-state index contributed by atoms with van der Waals surface area (Å²) < 4.78 is 5.51. The molecule has 2 atom stereocenters. The van der Waals surface area contributed by atoms with Crippen molar-refractivity contribution in [3.05, 3.63) is 52.2 Å². The second kappa shape index (κ2) is 8.67. The van der Waals surface area contributed by atoms with Crippen LogP contribution in [0.1, 0.15) is 21.5 Å². The Labute approximate surface area is 140 Å². The van der Waals surface area contributed by atoms with Crippen LogP contribution in [0.3, 0.4) is 0 Å². The Balaban J connectivity index is 1.68. The zero-order valence-corrected chi connectivity index (χ0v) is 13.9. The van der Waals surface area contributed by atoms with Crippen LogP contribution in [0, 0.1) is 0 Å². The number of hydrogen-bond acceptors (Lipinski definition) is 5. The third-order valence-electron chi connectivity index (χ3n) is 3.30. The van der Waals surface area contributed by atoms with Gasteiger partial charge in [0.2, 0.25) is 0 Å². The van der Waals surface area contributed by atoms with E-state index in [4.69, 9.17) is 10.5 Å². The highest BCUT2D eigenvalue weighted by molar-refractivity contribution is 7.14. The van der Waals surface area contributed by atoms with Crippen molar-refractivity contribution >= 4 is 17.2 Å². The Morgan fingerprint density at radius 1 is 1.30 bits per heavy atom. The summed E-state index contributed by atoms with van der Waals surface area (Å²) in [4.78, 5) is 12.7. The van der Waals surface area contributed by atoms with Gasteiger partial charge >= 0.3 is 0 Å². The molecule has 1 aromatic heterocycles. The summed E-state index contributed by atoms with van der Waals surface area (Å²) in [5.41, 5.74) is 5.25. The van der Waals surface area contributed by atoms with Gasteiger partial charge in [-0.1, -0.05) is 18.2 Å².